The SMILES string of the molecule is CCc1cc(CC)c2cccc(O)c2n1. The van der Waals surface area contributed by atoms with Crippen LogP contribution in [0, 0.1) is 0 Å². The third-order valence-corrected chi connectivity index (χ3v) is 2.70. The molecule has 0 unspecified atom stereocenters. The maximum Gasteiger partial charge on any atom is 0.141 e. The summed E-state index contributed by atoms with van der Waals surface area (Å²) in [7, 11) is 0. The van der Waals surface area contributed by atoms with Crippen molar-refractivity contribution in [1.29, 1.82) is 0 Å². The lowest BCUT2D eigenvalue weighted by atomic mass is 10.0. The minimum Gasteiger partial charge on any atom is -0.506 e. The van der Waals surface area contributed by atoms with E-state index in [1.165, 1.54) is 5.56 Å². The summed E-state index contributed by atoms with van der Waals surface area (Å²) in [6.45, 7) is 4.20. The number of fused-ring (bicyclic) bond motifs is 1. The minimum absolute atomic E-state index is 0.275. The lowest BCUT2D eigenvalue weighted by Crippen LogP contribution is -1.93. The number of phenols is 1. The highest BCUT2D eigenvalue weighted by Crippen LogP contribution is 2.26. The zero-order valence-corrected chi connectivity index (χ0v) is 9.12. The largest absolute Gasteiger partial charge is 0.506 e. The van der Waals surface area contributed by atoms with Crippen LogP contribution in [-0.4, -0.2) is 10.1 Å². The Kier molecular flexibility index (Phi) is 2.58. The van der Waals surface area contributed by atoms with Gasteiger partial charge in [0.25, 0.3) is 0 Å². The molecule has 1 aromatic carbocycles. The quantitative estimate of drug-likeness (QED) is 0.810. The number of pyridine rings is 1. The van der Waals surface area contributed by atoms with Crippen molar-refractivity contribution in [2.75, 3.05) is 0 Å². The van der Waals surface area contributed by atoms with E-state index in [0.717, 1.165) is 29.4 Å². The summed E-state index contributed by atoms with van der Waals surface area (Å²) < 4.78 is 0. The first-order valence-corrected chi connectivity index (χ1v) is 5.36. The van der Waals surface area contributed by atoms with Gasteiger partial charge in [-0.25, -0.2) is 4.98 Å². The number of aryl methyl sites for hydroxylation is 2. The van der Waals surface area contributed by atoms with Gasteiger partial charge < -0.3 is 5.11 Å². The Morgan fingerprint density at radius 3 is 2.67 bits per heavy atom. The Hall–Kier alpha value is -1.57. The molecule has 0 fully saturated rings. The third kappa shape index (κ3) is 1.67. The molecule has 0 saturated carbocycles. The van der Waals surface area contributed by atoms with E-state index in [1.807, 2.05) is 12.1 Å². The van der Waals surface area contributed by atoms with Gasteiger partial charge in [-0.3, -0.25) is 0 Å². The molecule has 0 aliphatic heterocycles. The minimum atomic E-state index is 0.275. The van der Waals surface area contributed by atoms with Crippen LogP contribution < -0.4 is 0 Å². The van der Waals surface area contributed by atoms with E-state index in [1.54, 1.807) is 6.07 Å². The number of rotatable bonds is 2. The number of para-hydroxylation sites is 1. The smallest absolute Gasteiger partial charge is 0.141 e. The summed E-state index contributed by atoms with van der Waals surface area (Å²) in [6, 6.07) is 7.69. The lowest BCUT2D eigenvalue weighted by molar-refractivity contribution is 0.480. The molecular weight excluding hydrogens is 186 g/mol. The Morgan fingerprint density at radius 1 is 1.20 bits per heavy atom. The summed E-state index contributed by atoms with van der Waals surface area (Å²) in [4.78, 5) is 4.45. The monoisotopic (exact) mass is 201 g/mol. The molecule has 1 heterocycles. The average Bonchev–Trinajstić information content (AvgIpc) is 2.28. The van der Waals surface area contributed by atoms with Crippen LogP contribution in [0.5, 0.6) is 5.75 Å². The van der Waals surface area contributed by atoms with Gasteiger partial charge in [-0.15, -0.1) is 0 Å². The first kappa shape index (κ1) is 9.97. The Bertz CT molecular complexity index is 491. The number of aromatic nitrogens is 1. The molecule has 0 atom stereocenters. The lowest BCUT2D eigenvalue weighted by Gasteiger charge is -2.07. The van der Waals surface area contributed by atoms with E-state index in [-0.39, 0.29) is 5.75 Å². The van der Waals surface area contributed by atoms with E-state index in [4.69, 9.17) is 0 Å². The molecule has 0 amide bonds. The molecule has 0 bridgehead atoms. The van der Waals surface area contributed by atoms with Crippen LogP contribution in [0.4, 0.5) is 0 Å². The topological polar surface area (TPSA) is 33.1 Å². The summed E-state index contributed by atoms with van der Waals surface area (Å²) >= 11 is 0. The first-order valence-electron chi connectivity index (χ1n) is 5.36. The molecule has 1 N–H and O–H groups in total. The van der Waals surface area contributed by atoms with E-state index < -0.39 is 0 Å². The van der Waals surface area contributed by atoms with Crippen molar-refractivity contribution in [3.8, 4) is 5.75 Å². The molecule has 0 saturated heterocycles. The Labute approximate surface area is 89.6 Å². The van der Waals surface area contributed by atoms with Gasteiger partial charge in [-0.2, -0.15) is 0 Å². The summed E-state index contributed by atoms with van der Waals surface area (Å²) in [5.74, 6) is 0.275. The zero-order valence-electron chi connectivity index (χ0n) is 9.12. The van der Waals surface area contributed by atoms with Crippen molar-refractivity contribution in [2.45, 2.75) is 26.7 Å². The van der Waals surface area contributed by atoms with E-state index in [0.29, 0.717) is 0 Å². The second kappa shape index (κ2) is 3.89. The molecule has 15 heavy (non-hydrogen) atoms. The second-order valence-corrected chi connectivity index (χ2v) is 3.65. The van der Waals surface area contributed by atoms with Crippen molar-refractivity contribution in [3.63, 3.8) is 0 Å². The molecule has 0 spiro atoms. The van der Waals surface area contributed by atoms with Crippen LogP contribution in [0.25, 0.3) is 10.9 Å². The summed E-state index contributed by atoms with van der Waals surface area (Å²) in [6.07, 6.45) is 1.87. The first-order chi connectivity index (χ1) is 7.26. The number of benzene rings is 1. The number of hydrogen-bond acceptors (Lipinski definition) is 2. The molecule has 2 heteroatoms. The van der Waals surface area contributed by atoms with Crippen LogP contribution in [0.3, 0.4) is 0 Å². The maximum atomic E-state index is 9.75. The fourth-order valence-electron chi connectivity index (χ4n) is 1.84. The molecule has 0 aliphatic rings. The van der Waals surface area contributed by atoms with Crippen molar-refractivity contribution < 1.29 is 5.11 Å². The van der Waals surface area contributed by atoms with Crippen molar-refractivity contribution >= 4 is 10.9 Å². The molecule has 0 aliphatic carbocycles. The molecule has 2 nitrogen and oxygen atoms in total. The molecule has 2 aromatic rings. The predicted molar refractivity (Wildman–Crippen MR) is 62.2 cm³/mol. The van der Waals surface area contributed by atoms with Crippen molar-refractivity contribution in [2.24, 2.45) is 0 Å². The zero-order chi connectivity index (χ0) is 10.8. The van der Waals surface area contributed by atoms with Crippen LogP contribution in [0.15, 0.2) is 24.3 Å². The maximum absolute atomic E-state index is 9.75. The highest BCUT2D eigenvalue weighted by Gasteiger charge is 2.06. The van der Waals surface area contributed by atoms with Gasteiger partial charge in [0.2, 0.25) is 0 Å². The van der Waals surface area contributed by atoms with Gasteiger partial charge in [0.05, 0.1) is 0 Å². The molecule has 2 rings (SSSR count). The van der Waals surface area contributed by atoms with Crippen LogP contribution >= 0.6 is 0 Å². The predicted octanol–water partition coefficient (Wildman–Crippen LogP) is 3.07. The standard InChI is InChI=1S/C13H15NO/c1-3-9-8-10(4-2)14-13-11(9)6-5-7-12(13)15/h5-8,15H,3-4H2,1-2H3. The summed E-state index contributed by atoms with van der Waals surface area (Å²) in [5, 5.41) is 10.8. The Balaban J connectivity index is 2.80. The third-order valence-electron chi connectivity index (χ3n) is 2.70. The summed E-state index contributed by atoms with van der Waals surface area (Å²) in [5.41, 5.74) is 3.03. The van der Waals surface area contributed by atoms with E-state index in [2.05, 4.69) is 24.9 Å². The number of phenolic OH excluding ortho intramolecular Hbond substituents is 1. The Morgan fingerprint density at radius 2 is 2.00 bits per heavy atom. The normalized spacial score (nSPS) is 10.8. The van der Waals surface area contributed by atoms with Gasteiger partial charge in [-0.1, -0.05) is 26.0 Å². The van der Waals surface area contributed by atoms with Gasteiger partial charge in [0.1, 0.15) is 11.3 Å². The second-order valence-electron chi connectivity index (χ2n) is 3.65. The molecule has 1 aromatic heterocycles. The van der Waals surface area contributed by atoms with Gasteiger partial charge in [0, 0.05) is 11.1 Å². The van der Waals surface area contributed by atoms with E-state index >= 15 is 0 Å². The number of nitrogens with zero attached hydrogens (tertiary/aromatic N) is 1. The van der Waals surface area contributed by atoms with Crippen molar-refractivity contribution in [3.05, 3.63) is 35.5 Å². The molecule has 78 valence electrons. The number of hydrogen-bond donors (Lipinski definition) is 1. The van der Waals surface area contributed by atoms with Crippen molar-refractivity contribution in [1.82, 2.24) is 4.98 Å². The van der Waals surface area contributed by atoms with Crippen LogP contribution in [0.2, 0.25) is 0 Å². The van der Waals surface area contributed by atoms with Gasteiger partial charge in [-0.05, 0) is 30.5 Å². The number of aromatic hydroxyl groups is 1. The van der Waals surface area contributed by atoms with Crippen LogP contribution in [0.1, 0.15) is 25.1 Å². The molecular formula is C13H15NO. The van der Waals surface area contributed by atoms with Gasteiger partial charge >= 0.3 is 0 Å². The van der Waals surface area contributed by atoms with E-state index in [9.17, 15) is 5.11 Å². The average molecular weight is 201 g/mol. The fraction of sp³-hybridized carbons (Fsp3) is 0.308. The fourth-order valence-corrected chi connectivity index (χ4v) is 1.84. The molecule has 0 radical (unpaired) electrons. The highest BCUT2D eigenvalue weighted by atomic mass is 16.3. The highest BCUT2D eigenvalue weighted by molar-refractivity contribution is 5.87. The van der Waals surface area contributed by atoms with Gasteiger partial charge in [0.15, 0.2) is 0 Å². The van der Waals surface area contributed by atoms with Crippen LogP contribution in [-0.2, 0) is 12.8 Å².